The molecule has 0 aromatic carbocycles. The molecule has 17 heavy (non-hydrogen) atoms. The minimum atomic E-state index is -0.510. The van der Waals surface area contributed by atoms with E-state index in [-0.39, 0.29) is 5.41 Å². The number of carbonyl (C=O) groups excluding carboxylic acids is 1. The molecule has 0 aromatic rings. The van der Waals surface area contributed by atoms with Gasteiger partial charge in [0.05, 0.1) is 19.8 Å². The number of morpholine rings is 1. The summed E-state index contributed by atoms with van der Waals surface area (Å²) < 4.78 is 10.2. The van der Waals surface area contributed by atoms with Crippen LogP contribution in [-0.4, -0.2) is 49.7 Å². The van der Waals surface area contributed by atoms with Crippen molar-refractivity contribution in [3.63, 3.8) is 0 Å². The Morgan fingerprint density at radius 2 is 1.94 bits per heavy atom. The first-order chi connectivity index (χ1) is 7.95. The van der Waals surface area contributed by atoms with Gasteiger partial charge in [0.15, 0.2) is 0 Å². The molecule has 1 heterocycles. The maximum absolute atomic E-state index is 11.5. The average Bonchev–Trinajstić information content (AvgIpc) is 2.26. The smallest absolute Gasteiger partial charge is 0.435 e. The molecule has 1 aliphatic heterocycles. The summed E-state index contributed by atoms with van der Waals surface area (Å²) in [4.78, 5) is 17.7. The number of rotatable bonds is 1. The zero-order chi connectivity index (χ0) is 12.9. The largest absolute Gasteiger partial charge is 0.448 e. The van der Waals surface area contributed by atoms with Crippen molar-refractivity contribution < 1.29 is 14.3 Å². The Morgan fingerprint density at radius 3 is 2.41 bits per heavy atom. The Hall–Kier alpha value is -1.10. The number of ether oxygens (including phenoxy) is 2. The summed E-state index contributed by atoms with van der Waals surface area (Å²) >= 11 is 0. The molecule has 1 amide bonds. The van der Waals surface area contributed by atoms with Crippen LogP contribution in [0.2, 0.25) is 0 Å². The maximum atomic E-state index is 11.5. The van der Waals surface area contributed by atoms with Gasteiger partial charge in [-0.15, -0.1) is 0 Å². The second-order valence-corrected chi connectivity index (χ2v) is 4.98. The quantitative estimate of drug-likeness (QED) is 0.520. The monoisotopic (exact) mass is 242 g/mol. The van der Waals surface area contributed by atoms with Gasteiger partial charge >= 0.3 is 6.09 Å². The Bertz CT molecular complexity index is 289. The Balaban J connectivity index is 2.83. The van der Waals surface area contributed by atoms with Crippen LogP contribution in [0.15, 0.2) is 4.99 Å². The maximum Gasteiger partial charge on any atom is 0.435 e. The van der Waals surface area contributed by atoms with E-state index in [1.807, 2.05) is 20.8 Å². The lowest BCUT2D eigenvalue weighted by molar-refractivity contribution is 0.0642. The van der Waals surface area contributed by atoms with Crippen molar-refractivity contribution in [2.24, 2.45) is 10.4 Å². The highest BCUT2D eigenvalue weighted by Gasteiger charge is 2.27. The molecule has 0 aromatic heterocycles. The Labute approximate surface area is 103 Å². The van der Waals surface area contributed by atoms with Crippen molar-refractivity contribution in [2.75, 3.05) is 32.9 Å². The minimum absolute atomic E-state index is 0.176. The number of amidine groups is 1. The van der Waals surface area contributed by atoms with Crippen molar-refractivity contribution in [3.05, 3.63) is 0 Å². The van der Waals surface area contributed by atoms with Crippen molar-refractivity contribution in [2.45, 2.75) is 27.7 Å². The van der Waals surface area contributed by atoms with Gasteiger partial charge in [-0.25, -0.2) is 4.79 Å². The minimum Gasteiger partial charge on any atom is -0.448 e. The molecule has 98 valence electrons. The van der Waals surface area contributed by atoms with E-state index in [4.69, 9.17) is 9.47 Å². The second-order valence-electron chi connectivity index (χ2n) is 4.98. The van der Waals surface area contributed by atoms with Crippen LogP contribution in [0.1, 0.15) is 27.7 Å². The highest BCUT2D eigenvalue weighted by molar-refractivity contribution is 5.95. The van der Waals surface area contributed by atoms with Gasteiger partial charge in [-0.2, -0.15) is 4.99 Å². The van der Waals surface area contributed by atoms with Gasteiger partial charge in [0.2, 0.25) is 0 Å². The molecule has 0 saturated carbocycles. The van der Waals surface area contributed by atoms with E-state index in [0.29, 0.717) is 19.8 Å². The van der Waals surface area contributed by atoms with Crippen LogP contribution in [0, 0.1) is 5.41 Å². The predicted molar refractivity (Wildman–Crippen MR) is 66.3 cm³/mol. The molecule has 1 fully saturated rings. The zero-order valence-corrected chi connectivity index (χ0v) is 11.2. The van der Waals surface area contributed by atoms with Gasteiger partial charge in [0, 0.05) is 18.5 Å². The van der Waals surface area contributed by atoms with Crippen LogP contribution in [-0.2, 0) is 9.47 Å². The van der Waals surface area contributed by atoms with E-state index in [2.05, 4.69) is 9.89 Å². The molecule has 0 bridgehead atoms. The van der Waals surface area contributed by atoms with Crippen LogP contribution in [0.25, 0.3) is 0 Å². The molecule has 0 N–H and O–H groups in total. The van der Waals surface area contributed by atoms with Crippen LogP contribution in [0.4, 0.5) is 4.79 Å². The molecule has 0 radical (unpaired) electrons. The summed E-state index contributed by atoms with van der Waals surface area (Å²) in [6.45, 7) is 11.2. The lowest BCUT2D eigenvalue weighted by Gasteiger charge is -2.35. The molecule has 5 heteroatoms. The zero-order valence-electron chi connectivity index (χ0n) is 11.2. The lowest BCUT2D eigenvalue weighted by Crippen LogP contribution is -2.46. The molecule has 5 nitrogen and oxygen atoms in total. The summed E-state index contributed by atoms with van der Waals surface area (Å²) in [7, 11) is 0. The number of aliphatic imine (C=N–C) groups is 1. The molecule has 0 atom stereocenters. The third kappa shape index (κ3) is 4.34. The number of hydrogen-bond acceptors (Lipinski definition) is 3. The summed E-state index contributed by atoms with van der Waals surface area (Å²) in [6, 6.07) is 0. The second kappa shape index (κ2) is 6.00. The molecule has 1 saturated heterocycles. The normalized spacial score (nSPS) is 18.1. The fourth-order valence-electron chi connectivity index (χ4n) is 1.73. The van der Waals surface area contributed by atoms with E-state index in [9.17, 15) is 4.79 Å². The molecule has 0 unspecified atom stereocenters. The van der Waals surface area contributed by atoms with E-state index < -0.39 is 6.09 Å². The first-order valence-corrected chi connectivity index (χ1v) is 6.03. The predicted octanol–water partition coefficient (Wildman–Crippen LogP) is 1.92. The Kier molecular flexibility index (Phi) is 4.93. The first kappa shape index (κ1) is 14.0. The third-order valence-corrected chi connectivity index (χ3v) is 2.45. The fourth-order valence-corrected chi connectivity index (χ4v) is 1.73. The number of nitrogens with zero attached hydrogens (tertiary/aromatic N) is 2. The van der Waals surface area contributed by atoms with Gasteiger partial charge < -0.3 is 14.4 Å². The fraction of sp³-hybridized carbons (Fsp3) is 0.833. The highest BCUT2D eigenvalue weighted by Crippen LogP contribution is 2.20. The molecule has 0 aliphatic carbocycles. The van der Waals surface area contributed by atoms with Gasteiger partial charge in [-0.05, 0) is 6.92 Å². The van der Waals surface area contributed by atoms with E-state index in [0.717, 1.165) is 18.9 Å². The third-order valence-electron chi connectivity index (χ3n) is 2.45. The van der Waals surface area contributed by atoms with Crippen molar-refractivity contribution >= 4 is 11.9 Å². The summed E-state index contributed by atoms with van der Waals surface area (Å²) in [6.07, 6.45) is -0.510. The first-order valence-electron chi connectivity index (χ1n) is 6.03. The molecule has 1 rings (SSSR count). The van der Waals surface area contributed by atoms with Gasteiger partial charge in [-0.1, -0.05) is 20.8 Å². The SMILES string of the molecule is CCOC(=O)/N=C(\N1CCOCC1)C(C)(C)C. The van der Waals surface area contributed by atoms with E-state index in [1.54, 1.807) is 6.92 Å². The number of amides is 1. The van der Waals surface area contributed by atoms with Crippen LogP contribution in [0.3, 0.4) is 0 Å². The molecular formula is C12H22N2O3. The average molecular weight is 242 g/mol. The van der Waals surface area contributed by atoms with Crippen molar-refractivity contribution in [1.29, 1.82) is 0 Å². The number of carbonyl (C=O) groups is 1. The number of hydrogen-bond donors (Lipinski definition) is 0. The van der Waals surface area contributed by atoms with Gasteiger partial charge in [0.1, 0.15) is 5.84 Å². The summed E-state index contributed by atoms with van der Waals surface area (Å²) in [5, 5.41) is 0. The Morgan fingerprint density at radius 1 is 1.35 bits per heavy atom. The van der Waals surface area contributed by atoms with Gasteiger partial charge in [-0.3, -0.25) is 0 Å². The molecular weight excluding hydrogens is 220 g/mol. The van der Waals surface area contributed by atoms with Crippen LogP contribution in [0.5, 0.6) is 0 Å². The highest BCUT2D eigenvalue weighted by atomic mass is 16.5. The lowest BCUT2D eigenvalue weighted by atomic mass is 9.93. The topological polar surface area (TPSA) is 51.1 Å². The van der Waals surface area contributed by atoms with Crippen molar-refractivity contribution in [3.8, 4) is 0 Å². The summed E-state index contributed by atoms with van der Waals surface area (Å²) in [5.74, 6) is 0.777. The van der Waals surface area contributed by atoms with Crippen molar-refractivity contribution in [1.82, 2.24) is 4.90 Å². The van der Waals surface area contributed by atoms with Crippen LogP contribution < -0.4 is 0 Å². The van der Waals surface area contributed by atoms with E-state index >= 15 is 0 Å². The summed E-state index contributed by atoms with van der Waals surface area (Å²) in [5.41, 5.74) is -0.176. The molecule has 0 spiro atoms. The van der Waals surface area contributed by atoms with Crippen LogP contribution >= 0.6 is 0 Å². The standard InChI is InChI=1S/C12H22N2O3/c1-5-17-11(15)13-10(12(2,3)4)14-6-8-16-9-7-14/h5-9H2,1-4H3/b13-10-. The van der Waals surface area contributed by atoms with E-state index in [1.165, 1.54) is 0 Å². The molecule has 1 aliphatic rings. The van der Waals surface area contributed by atoms with Gasteiger partial charge in [0.25, 0.3) is 0 Å².